The average molecular weight is 290 g/mol. The molecule has 2 atom stereocenters. The second-order valence-electron chi connectivity index (χ2n) is 5.97. The summed E-state index contributed by atoms with van der Waals surface area (Å²) in [4.78, 5) is 2.60. The highest BCUT2D eigenvalue weighted by Gasteiger charge is 2.32. The van der Waals surface area contributed by atoms with Gasteiger partial charge in [0.25, 0.3) is 0 Å². The smallest absolute Gasteiger partial charge is 0.119 e. The molecule has 0 saturated carbocycles. The molecule has 1 aromatic rings. The van der Waals surface area contributed by atoms with Crippen molar-refractivity contribution in [2.24, 2.45) is 0 Å². The maximum Gasteiger partial charge on any atom is 0.119 e. The molecule has 0 radical (unpaired) electrons. The summed E-state index contributed by atoms with van der Waals surface area (Å²) in [6, 6.07) is 9.24. The number of hydrogen-bond acceptors (Lipinski definition) is 4. The molecule has 21 heavy (non-hydrogen) atoms. The zero-order chi connectivity index (χ0) is 14.5. The molecule has 2 unspecified atom stereocenters. The number of benzene rings is 1. The molecule has 1 N–H and O–H groups in total. The first-order valence-electron chi connectivity index (χ1n) is 8.11. The Morgan fingerprint density at radius 3 is 2.67 bits per heavy atom. The Morgan fingerprint density at radius 2 is 1.95 bits per heavy atom. The first-order valence-corrected chi connectivity index (χ1v) is 8.11. The Morgan fingerprint density at radius 1 is 1.14 bits per heavy atom. The molecule has 0 amide bonds. The van der Waals surface area contributed by atoms with E-state index >= 15 is 0 Å². The lowest BCUT2D eigenvalue weighted by molar-refractivity contribution is 0.174. The van der Waals surface area contributed by atoms with Gasteiger partial charge in [-0.1, -0.05) is 0 Å². The number of nitrogens with one attached hydrogen (secondary N) is 1. The highest BCUT2D eigenvalue weighted by Crippen LogP contribution is 2.24. The summed E-state index contributed by atoms with van der Waals surface area (Å²) < 4.78 is 11.0. The number of nitrogens with zero attached hydrogens (tertiary/aromatic N) is 1. The van der Waals surface area contributed by atoms with Crippen LogP contribution in [0.3, 0.4) is 0 Å². The van der Waals surface area contributed by atoms with Gasteiger partial charge in [-0.05, 0) is 63.0 Å². The number of likely N-dealkylation sites (tertiary alicyclic amines) is 1. The largest absolute Gasteiger partial charge is 0.497 e. The Bertz CT molecular complexity index is 429. The number of methoxy groups -OCH3 is 1. The molecular formula is C17H26N2O2. The van der Waals surface area contributed by atoms with E-state index in [4.69, 9.17) is 9.47 Å². The molecule has 2 heterocycles. The Balaban J connectivity index is 1.45. The number of rotatable bonds is 6. The molecule has 2 fully saturated rings. The average Bonchev–Trinajstić information content (AvgIpc) is 3.18. The van der Waals surface area contributed by atoms with E-state index in [1.807, 2.05) is 24.3 Å². The van der Waals surface area contributed by atoms with E-state index in [2.05, 4.69) is 10.2 Å². The van der Waals surface area contributed by atoms with E-state index in [-0.39, 0.29) is 0 Å². The van der Waals surface area contributed by atoms with Gasteiger partial charge in [0.1, 0.15) is 18.1 Å². The second kappa shape index (κ2) is 7.14. The highest BCUT2D eigenvalue weighted by atomic mass is 16.5. The normalized spacial score (nSPS) is 26.1. The van der Waals surface area contributed by atoms with Crippen LogP contribution in [0.2, 0.25) is 0 Å². The molecule has 3 rings (SSSR count). The zero-order valence-corrected chi connectivity index (χ0v) is 12.9. The third-order valence-corrected chi connectivity index (χ3v) is 4.68. The van der Waals surface area contributed by atoms with Crippen LogP contribution in [0, 0.1) is 0 Å². The second-order valence-corrected chi connectivity index (χ2v) is 5.97. The van der Waals surface area contributed by atoms with Crippen molar-refractivity contribution in [1.82, 2.24) is 10.2 Å². The Labute approximate surface area is 127 Å². The van der Waals surface area contributed by atoms with Gasteiger partial charge in [-0.2, -0.15) is 0 Å². The van der Waals surface area contributed by atoms with Gasteiger partial charge in [-0.25, -0.2) is 0 Å². The van der Waals surface area contributed by atoms with E-state index in [0.717, 1.165) is 24.7 Å². The molecule has 0 aromatic heterocycles. The van der Waals surface area contributed by atoms with Crippen molar-refractivity contribution in [1.29, 1.82) is 0 Å². The highest BCUT2D eigenvalue weighted by molar-refractivity contribution is 5.31. The van der Waals surface area contributed by atoms with Gasteiger partial charge < -0.3 is 14.8 Å². The third-order valence-electron chi connectivity index (χ3n) is 4.68. The van der Waals surface area contributed by atoms with Crippen molar-refractivity contribution >= 4 is 0 Å². The van der Waals surface area contributed by atoms with E-state index in [1.165, 1.54) is 38.8 Å². The fourth-order valence-electron chi connectivity index (χ4n) is 3.58. The van der Waals surface area contributed by atoms with Gasteiger partial charge in [0.05, 0.1) is 7.11 Å². The van der Waals surface area contributed by atoms with Crippen LogP contribution in [0.25, 0.3) is 0 Å². The number of hydrogen-bond donors (Lipinski definition) is 1. The van der Waals surface area contributed by atoms with Crippen molar-refractivity contribution < 1.29 is 9.47 Å². The van der Waals surface area contributed by atoms with Crippen LogP contribution >= 0.6 is 0 Å². The minimum absolute atomic E-state index is 0.702. The predicted octanol–water partition coefficient (Wildman–Crippen LogP) is 2.29. The summed E-state index contributed by atoms with van der Waals surface area (Å²) in [6.45, 7) is 4.19. The van der Waals surface area contributed by atoms with Gasteiger partial charge in [0.15, 0.2) is 0 Å². The van der Waals surface area contributed by atoms with E-state index in [1.54, 1.807) is 7.11 Å². The van der Waals surface area contributed by atoms with Crippen molar-refractivity contribution in [2.75, 3.05) is 33.4 Å². The van der Waals surface area contributed by atoms with Crippen LogP contribution in [0.4, 0.5) is 0 Å². The molecule has 116 valence electrons. The SMILES string of the molecule is COc1ccc(OCCN2CCCC2C2CCCN2)cc1. The zero-order valence-electron chi connectivity index (χ0n) is 12.9. The molecule has 0 bridgehead atoms. The van der Waals surface area contributed by atoms with Gasteiger partial charge in [0, 0.05) is 18.6 Å². The van der Waals surface area contributed by atoms with Crippen LogP contribution in [0.15, 0.2) is 24.3 Å². The maximum absolute atomic E-state index is 5.86. The third kappa shape index (κ3) is 3.69. The molecule has 4 nitrogen and oxygen atoms in total. The quantitative estimate of drug-likeness (QED) is 0.871. The van der Waals surface area contributed by atoms with E-state index < -0.39 is 0 Å². The molecule has 0 aliphatic carbocycles. The molecule has 0 spiro atoms. The summed E-state index contributed by atoms with van der Waals surface area (Å²) in [5, 5.41) is 3.65. The summed E-state index contributed by atoms with van der Waals surface area (Å²) >= 11 is 0. The monoisotopic (exact) mass is 290 g/mol. The van der Waals surface area contributed by atoms with Gasteiger partial charge >= 0.3 is 0 Å². The summed E-state index contributed by atoms with van der Waals surface area (Å²) in [7, 11) is 1.68. The summed E-state index contributed by atoms with van der Waals surface area (Å²) in [5.74, 6) is 1.79. The fourth-order valence-corrected chi connectivity index (χ4v) is 3.58. The molecular weight excluding hydrogens is 264 g/mol. The van der Waals surface area contributed by atoms with E-state index in [9.17, 15) is 0 Å². The lowest BCUT2D eigenvalue weighted by Crippen LogP contribution is -2.45. The van der Waals surface area contributed by atoms with Crippen LogP contribution < -0.4 is 14.8 Å². The van der Waals surface area contributed by atoms with Crippen molar-refractivity contribution in [3.05, 3.63) is 24.3 Å². The molecule has 2 saturated heterocycles. The standard InChI is InChI=1S/C17H26N2O2/c1-20-14-6-8-15(9-7-14)21-13-12-19-11-3-5-17(19)16-4-2-10-18-16/h6-9,16-18H,2-5,10-13H2,1H3. The van der Waals surface area contributed by atoms with Crippen LogP contribution in [0.5, 0.6) is 11.5 Å². The van der Waals surface area contributed by atoms with Crippen molar-refractivity contribution in [3.8, 4) is 11.5 Å². The van der Waals surface area contributed by atoms with Gasteiger partial charge in [-0.3, -0.25) is 4.90 Å². The lowest BCUT2D eigenvalue weighted by atomic mass is 10.0. The van der Waals surface area contributed by atoms with Gasteiger partial charge in [0.2, 0.25) is 0 Å². The van der Waals surface area contributed by atoms with Crippen molar-refractivity contribution in [3.63, 3.8) is 0 Å². The number of ether oxygens (including phenoxy) is 2. The predicted molar refractivity (Wildman–Crippen MR) is 84.1 cm³/mol. The van der Waals surface area contributed by atoms with Crippen LogP contribution in [0.1, 0.15) is 25.7 Å². The molecule has 4 heteroatoms. The fraction of sp³-hybridized carbons (Fsp3) is 0.647. The topological polar surface area (TPSA) is 33.7 Å². The van der Waals surface area contributed by atoms with Crippen LogP contribution in [-0.2, 0) is 0 Å². The first-order chi connectivity index (χ1) is 10.4. The molecule has 1 aromatic carbocycles. The maximum atomic E-state index is 5.86. The van der Waals surface area contributed by atoms with Gasteiger partial charge in [-0.15, -0.1) is 0 Å². The molecule has 2 aliphatic heterocycles. The Hall–Kier alpha value is -1.26. The first kappa shape index (κ1) is 14.7. The van der Waals surface area contributed by atoms with E-state index in [0.29, 0.717) is 12.1 Å². The lowest BCUT2D eigenvalue weighted by Gasteiger charge is -2.29. The van der Waals surface area contributed by atoms with Crippen molar-refractivity contribution in [2.45, 2.75) is 37.8 Å². The molecule has 2 aliphatic rings. The summed E-state index contributed by atoms with van der Waals surface area (Å²) in [6.07, 6.45) is 5.32. The summed E-state index contributed by atoms with van der Waals surface area (Å²) in [5.41, 5.74) is 0. The minimum Gasteiger partial charge on any atom is -0.497 e. The minimum atomic E-state index is 0.702. The van der Waals surface area contributed by atoms with Crippen LogP contribution in [-0.4, -0.2) is 50.3 Å². The Kier molecular flexibility index (Phi) is 4.99.